The molecule has 0 spiro atoms. The van der Waals surface area contributed by atoms with E-state index in [2.05, 4.69) is 21.3 Å². The molecule has 0 aliphatic rings. The van der Waals surface area contributed by atoms with Crippen LogP contribution in [0.3, 0.4) is 0 Å². The molecule has 3 aromatic rings. The van der Waals surface area contributed by atoms with Crippen molar-refractivity contribution in [3.63, 3.8) is 0 Å². The van der Waals surface area contributed by atoms with E-state index in [4.69, 9.17) is 11.6 Å². The molecule has 0 aliphatic heterocycles. The zero-order valence-electron chi connectivity index (χ0n) is 19.2. The zero-order chi connectivity index (χ0) is 24.7. The highest BCUT2D eigenvalue weighted by Crippen LogP contribution is 2.22. The van der Waals surface area contributed by atoms with Gasteiger partial charge >= 0.3 is 6.03 Å². The molecule has 1 atom stereocenters. The van der Waals surface area contributed by atoms with Crippen LogP contribution in [0.2, 0.25) is 5.02 Å². The van der Waals surface area contributed by atoms with Crippen LogP contribution in [0.25, 0.3) is 0 Å². The van der Waals surface area contributed by atoms with Crippen molar-refractivity contribution in [1.29, 1.82) is 0 Å². The summed E-state index contributed by atoms with van der Waals surface area (Å²) in [5.74, 6) is -0.827. The van der Waals surface area contributed by atoms with Crippen molar-refractivity contribution in [3.8, 4) is 0 Å². The fourth-order valence-electron chi connectivity index (χ4n) is 3.18. The minimum Gasteiger partial charge on any atom is -0.336 e. The first-order valence-corrected chi connectivity index (χ1v) is 11.2. The summed E-state index contributed by atoms with van der Waals surface area (Å²) in [6.45, 7) is 5.60. The van der Waals surface area contributed by atoms with Crippen molar-refractivity contribution in [2.24, 2.45) is 0 Å². The lowest BCUT2D eigenvalue weighted by Gasteiger charge is -2.19. The summed E-state index contributed by atoms with van der Waals surface area (Å²) in [4.78, 5) is 37.9. The average Bonchev–Trinajstić information content (AvgIpc) is 2.80. The van der Waals surface area contributed by atoms with Gasteiger partial charge in [0.25, 0.3) is 11.8 Å². The first-order chi connectivity index (χ1) is 16.2. The fourth-order valence-corrected chi connectivity index (χ4v) is 3.36. The zero-order valence-corrected chi connectivity index (χ0v) is 19.9. The number of benzene rings is 3. The third kappa shape index (κ3) is 6.83. The van der Waals surface area contributed by atoms with Crippen LogP contribution in [0, 0.1) is 6.92 Å². The summed E-state index contributed by atoms with van der Waals surface area (Å²) in [7, 11) is 0. The highest BCUT2D eigenvalue weighted by atomic mass is 35.5. The summed E-state index contributed by atoms with van der Waals surface area (Å²) in [6, 6.07) is 19.4. The summed E-state index contributed by atoms with van der Waals surface area (Å²) >= 11 is 6.18. The second-order valence-electron chi connectivity index (χ2n) is 8.10. The molecule has 3 rings (SSSR count). The molecule has 8 heteroatoms. The molecular weight excluding hydrogens is 452 g/mol. The Morgan fingerprint density at radius 1 is 0.794 bits per heavy atom. The Kier molecular flexibility index (Phi) is 8.27. The molecule has 0 saturated heterocycles. The van der Waals surface area contributed by atoms with E-state index >= 15 is 0 Å². The maximum absolute atomic E-state index is 13.1. The van der Waals surface area contributed by atoms with Crippen molar-refractivity contribution in [3.05, 3.63) is 94.5 Å². The lowest BCUT2D eigenvalue weighted by Crippen LogP contribution is -2.37. The van der Waals surface area contributed by atoms with Gasteiger partial charge in [0.1, 0.15) is 6.04 Å². The van der Waals surface area contributed by atoms with E-state index in [1.807, 2.05) is 32.9 Å². The summed E-state index contributed by atoms with van der Waals surface area (Å²) in [6.07, 6.45) is 0. The van der Waals surface area contributed by atoms with Crippen molar-refractivity contribution < 1.29 is 14.4 Å². The molecule has 4 N–H and O–H groups in total. The molecule has 0 saturated carbocycles. The van der Waals surface area contributed by atoms with E-state index < -0.39 is 17.9 Å². The molecule has 0 fully saturated rings. The van der Waals surface area contributed by atoms with E-state index in [0.717, 1.165) is 5.56 Å². The Bertz CT molecular complexity index is 1160. The predicted molar refractivity (Wildman–Crippen MR) is 135 cm³/mol. The molecule has 1 unspecified atom stereocenters. The molecule has 3 aromatic carbocycles. The molecule has 4 amide bonds. The number of aryl methyl sites for hydroxylation is 1. The highest BCUT2D eigenvalue weighted by Gasteiger charge is 2.23. The van der Waals surface area contributed by atoms with Crippen LogP contribution < -0.4 is 21.3 Å². The number of halogens is 1. The normalized spacial score (nSPS) is 11.4. The van der Waals surface area contributed by atoms with Crippen LogP contribution in [0.5, 0.6) is 0 Å². The lowest BCUT2D eigenvalue weighted by molar-refractivity contribution is -0.118. The van der Waals surface area contributed by atoms with E-state index in [-0.39, 0.29) is 12.1 Å². The topological polar surface area (TPSA) is 99.3 Å². The number of amides is 4. The Hall–Kier alpha value is -3.84. The van der Waals surface area contributed by atoms with Gasteiger partial charge in [0.05, 0.1) is 0 Å². The number of carbonyl (C=O) groups is 3. The van der Waals surface area contributed by atoms with E-state index in [0.29, 0.717) is 27.5 Å². The van der Waals surface area contributed by atoms with Crippen LogP contribution in [0.1, 0.15) is 41.4 Å². The number of urea groups is 1. The van der Waals surface area contributed by atoms with Gasteiger partial charge in [-0.25, -0.2) is 4.79 Å². The van der Waals surface area contributed by atoms with Crippen molar-refractivity contribution in [2.45, 2.75) is 32.9 Å². The molecule has 34 heavy (non-hydrogen) atoms. The average molecular weight is 479 g/mol. The molecule has 0 radical (unpaired) electrons. The van der Waals surface area contributed by atoms with Crippen LogP contribution >= 0.6 is 11.6 Å². The number of rotatable bonds is 7. The smallest absolute Gasteiger partial charge is 0.319 e. The van der Waals surface area contributed by atoms with Crippen molar-refractivity contribution in [2.75, 3.05) is 10.6 Å². The lowest BCUT2D eigenvalue weighted by atomic mass is 10.0. The molecule has 0 heterocycles. The molecule has 176 valence electrons. The van der Waals surface area contributed by atoms with E-state index in [9.17, 15) is 14.4 Å². The van der Waals surface area contributed by atoms with Crippen molar-refractivity contribution >= 4 is 40.8 Å². The van der Waals surface area contributed by atoms with Crippen LogP contribution in [-0.4, -0.2) is 23.9 Å². The fraction of sp³-hybridized carbons (Fsp3) is 0.192. The second-order valence-corrected chi connectivity index (χ2v) is 8.51. The predicted octanol–water partition coefficient (Wildman–Crippen LogP) is 5.29. The molecule has 0 bridgehead atoms. The van der Waals surface area contributed by atoms with Gasteiger partial charge in [0.15, 0.2) is 0 Å². The standard InChI is InChI=1S/C26H27ClN4O3/c1-16(2)28-26(34)30-20-13-10-19(11-14-20)24(32)31-23(18-7-5-4-6-8-18)25(33)29-21-12-9-17(3)22(27)15-21/h4-16,23H,1-3H3,(H,29,33)(H,31,32)(H2,28,30,34). The van der Waals surface area contributed by atoms with E-state index in [1.165, 1.54) is 0 Å². The van der Waals surface area contributed by atoms with Gasteiger partial charge in [0, 0.05) is 28.0 Å². The Balaban J connectivity index is 1.74. The maximum atomic E-state index is 13.1. The van der Waals surface area contributed by atoms with E-state index in [1.54, 1.807) is 60.7 Å². The number of nitrogens with one attached hydrogen (secondary N) is 4. The molecule has 0 aromatic heterocycles. The van der Waals surface area contributed by atoms with Gasteiger partial charge in [0.2, 0.25) is 0 Å². The number of anilines is 2. The first kappa shape index (κ1) is 24.8. The number of hydrogen-bond donors (Lipinski definition) is 4. The van der Waals surface area contributed by atoms with Crippen LogP contribution in [-0.2, 0) is 4.79 Å². The highest BCUT2D eigenvalue weighted by molar-refractivity contribution is 6.31. The van der Waals surface area contributed by atoms with Gasteiger partial charge in [-0.15, -0.1) is 0 Å². The number of carbonyl (C=O) groups excluding carboxylic acids is 3. The summed E-state index contributed by atoms with van der Waals surface area (Å²) in [5.41, 5.74) is 2.96. The first-order valence-electron chi connectivity index (χ1n) is 10.8. The van der Waals surface area contributed by atoms with Crippen molar-refractivity contribution in [1.82, 2.24) is 10.6 Å². The molecule has 7 nitrogen and oxygen atoms in total. The summed E-state index contributed by atoms with van der Waals surface area (Å²) < 4.78 is 0. The Labute approximate surface area is 203 Å². The largest absolute Gasteiger partial charge is 0.336 e. The van der Waals surface area contributed by atoms with Crippen LogP contribution in [0.4, 0.5) is 16.2 Å². The third-order valence-corrected chi connectivity index (χ3v) is 5.34. The SMILES string of the molecule is Cc1ccc(NC(=O)C(NC(=O)c2ccc(NC(=O)NC(C)C)cc2)c2ccccc2)cc1Cl. The summed E-state index contributed by atoms with van der Waals surface area (Å²) in [5, 5.41) is 11.6. The molecular formula is C26H27ClN4O3. The number of hydrogen-bond acceptors (Lipinski definition) is 3. The quantitative estimate of drug-likeness (QED) is 0.371. The van der Waals surface area contributed by atoms with Gasteiger partial charge in [-0.3, -0.25) is 9.59 Å². The Morgan fingerprint density at radius 3 is 2.06 bits per heavy atom. The second kappa shape index (κ2) is 11.3. The monoisotopic (exact) mass is 478 g/mol. The van der Waals surface area contributed by atoms with Crippen LogP contribution in [0.15, 0.2) is 72.8 Å². The third-order valence-electron chi connectivity index (χ3n) is 4.93. The van der Waals surface area contributed by atoms with Gasteiger partial charge in [-0.05, 0) is 68.3 Å². The maximum Gasteiger partial charge on any atom is 0.319 e. The van der Waals surface area contributed by atoms with Gasteiger partial charge in [-0.2, -0.15) is 0 Å². The van der Waals surface area contributed by atoms with Gasteiger partial charge < -0.3 is 21.3 Å². The minimum atomic E-state index is -0.927. The van der Waals surface area contributed by atoms with Gasteiger partial charge in [-0.1, -0.05) is 48.0 Å². The Morgan fingerprint density at radius 2 is 1.44 bits per heavy atom. The molecule has 0 aliphatic carbocycles. The minimum absolute atomic E-state index is 0.00190.